The van der Waals surface area contributed by atoms with E-state index in [0.29, 0.717) is 36.0 Å². The minimum absolute atomic E-state index is 0.151. The van der Waals surface area contributed by atoms with Crippen molar-refractivity contribution in [2.75, 3.05) is 46.5 Å². The van der Waals surface area contributed by atoms with E-state index in [1.54, 1.807) is 30.2 Å². The summed E-state index contributed by atoms with van der Waals surface area (Å²) in [6, 6.07) is 10.1. The van der Waals surface area contributed by atoms with Gasteiger partial charge >= 0.3 is 0 Å². The molecule has 0 unspecified atom stereocenters. The molecule has 0 bridgehead atoms. The van der Waals surface area contributed by atoms with Gasteiger partial charge in [-0.05, 0) is 37.3 Å². The van der Waals surface area contributed by atoms with Crippen LogP contribution >= 0.6 is 0 Å². The summed E-state index contributed by atoms with van der Waals surface area (Å²) >= 11 is 0. The zero-order valence-electron chi connectivity index (χ0n) is 19.1. The topological polar surface area (TPSA) is 98.5 Å². The predicted molar refractivity (Wildman–Crippen MR) is 124 cm³/mol. The molecular formula is C24H26N2O7S. The van der Waals surface area contributed by atoms with Gasteiger partial charge in [-0.3, -0.25) is 4.79 Å². The number of nitrogens with zero attached hydrogens (tertiary/aromatic N) is 2. The average molecular weight is 487 g/mol. The van der Waals surface area contributed by atoms with Gasteiger partial charge in [0.1, 0.15) is 11.3 Å². The van der Waals surface area contributed by atoms with Crippen LogP contribution in [0.15, 0.2) is 45.7 Å². The molecule has 0 spiro atoms. The lowest BCUT2D eigenvalue weighted by molar-refractivity contribution is 0.0667. The molecule has 0 radical (unpaired) electrons. The third-order valence-electron chi connectivity index (χ3n) is 6.22. The van der Waals surface area contributed by atoms with Crippen molar-refractivity contribution in [2.24, 2.45) is 0 Å². The number of rotatable bonds is 4. The lowest BCUT2D eigenvalue weighted by Crippen LogP contribution is -2.50. The highest BCUT2D eigenvalue weighted by molar-refractivity contribution is 7.89. The number of fused-ring (bicyclic) bond motifs is 2. The molecular weight excluding hydrogens is 460 g/mol. The van der Waals surface area contributed by atoms with Gasteiger partial charge in [-0.25, -0.2) is 8.42 Å². The van der Waals surface area contributed by atoms with Gasteiger partial charge in [-0.2, -0.15) is 4.31 Å². The van der Waals surface area contributed by atoms with E-state index >= 15 is 0 Å². The summed E-state index contributed by atoms with van der Waals surface area (Å²) in [6.45, 7) is 3.76. The Kier molecular flexibility index (Phi) is 5.86. The predicted octanol–water partition coefficient (Wildman–Crippen LogP) is 3.06. The molecule has 3 heterocycles. The lowest BCUT2D eigenvalue weighted by atomic mass is 10.1. The van der Waals surface area contributed by atoms with Crippen LogP contribution in [0.3, 0.4) is 0 Å². The number of benzene rings is 2. The molecule has 1 amide bonds. The summed E-state index contributed by atoms with van der Waals surface area (Å²) in [4.78, 5) is 14.9. The van der Waals surface area contributed by atoms with E-state index < -0.39 is 10.0 Å². The molecule has 2 aromatic carbocycles. The Hall–Kier alpha value is -3.24. The van der Waals surface area contributed by atoms with Crippen LogP contribution in [0.2, 0.25) is 0 Å². The summed E-state index contributed by atoms with van der Waals surface area (Å²) in [7, 11) is -2.15. The molecule has 1 aromatic heterocycles. The number of methoxy groups -OCH3 is 1. The first-order valence-corrected chi connectivity index (χ1v) is 12.6. The number of piperazine rings is 1. The third-order valence-corrected chi connectivity index (χ3v) is 8.11. The summed E-state index contributed by atoms with van der Waals surface area (Å²) in [5, 5.41) is 0.818. The maximum atomic E-state index is 13.2. The van der Waals surface area contributed by atoms with Crippen molar-refractivity contribution in [1.82, 2.24) is 9.21 Å². The van der Waals surface area contributed by atoms with Gasteiger partial charge in [0.2, 0.25) is 10.0 Å². The van der Waals surface area contributed by atoms with Crippen molar-refractivity contribution >= 4 is 26.9 Å². The SMILES string of the molecule is COc1ccc2oc(C(=O)N3CCN(S(=O)(=O)c4ccc5c(c4)OCCCO5)CC3)c(C)c2c1. The molecule has 180 valence electrons. The molecule has 1 fully saturated rings. The van der Waals surface area contributed by atoms with E-state index in [1.165, 1.54) is 16.4 Å². The number of carbonyl (C=O) groups is 1. The van der Waals surface area contributed by atoms with Gasteiger partial charge in [0, 0.05) is 49.6 Å². The second-order valence-corrected chi connectivity index (χ2v) is 10.2. The molecule has 3 aromatic rings. The first-order valence-electron chi connectivity index (χ1n) is 11.1. The molecule has 0 N–H and O–H groups in total. The number of sulfonamides is 1. The largest absolute Gasteiger partial charge is 0.497 e. The van der Waals surface area contributed by atoms with E-state index in [9.17, 15) is 13.2 Å². The number of carbonyl (C=O) groups excluding carboxylic acids is 1. The highest BCUT2D eigenvalue weighted by Crippen LogP contribution is 2.33. The number of ether oxygens (including phenoxy) is 3. The van der Waals surface area contributed by atoms with Gasteiger partial charge in [-0.15, -0.1) is 0 Å². The Labute approximate surface area is 197 Å². The minimum Gasteiger partial charge on any atom is -0.497 e. The molecule has 5 rings (SSSR count). The number of amides is 1. The molecule has 0 aliphatic carbocycles. The Bertz CT molecular complexity index is 1340. The van der Waals surface area contributed by atoms with E-state index in [2.05, 4.69) is 0 Å². The second kappa shape index (κ2) is 8.84. The standard InChI is InChI=1S/C24H26N2O7S/c1-16-19-14-17(30-2)4-6-20(19)33-23(16)24(27)25-8-10-26(11-9-25)34(28,29)18-5-7-21-22(15-18)32-13-3-12-31-21/h4-7,14-15H,3,8-13H2,1-2H3. The summed E-state index contributed by atoms with van der Waals surface area (Å²) in [5.41, 5.74) is 1.35. The van der Waals surface area contributed by atoms with Crippen molar-refractivity contribution in [2.45, 2.75) is 18.2 Å². The number of furan rings is 1. The van der Waals surface area contributed by atoms with Crippen LogP contribution in [-0.2, 0) is 10.0 Å². The molecule has 0 saturated carbocycles. The monoisotopic (exact) mass is 486 g/mol. The van der Waals surface area contributed by atoms with Crippen LogP contribution in [-0.4, -0.2) is 70.0 Å². The minimum atomic E-state index is -3.74. The Morgan fingerprint density at radius 2 is 1.71 bits per heavy atom. The van der Waals surface area contributed by atoms with Crippen LogP contribution in [0, 0.1) is 6.92 Å². The van der Waals surface area contributed by atoms with Crippen molar-refractivity contribution in [3.8, 4) is 17.2 Å². The zero-order chi connectivity index (χ0) is 23.9. The average Bonchev–Trinajstić information content (AvgIpc) is 3.02. The number of hydrogen-bond acceptors (Lipinski definition) is 7. The molecule has 10 heteroatoms. The first kappa shape index (κ1) is 22.5. The van der Waals surface area contributed by atoms with Crippen molar-refractivity contribution in [3.63, 3.8) is 0 Å². The third kappa shape index (κ3) is 3.97. The van der Waals surface area contributed by atoms with Crippen LogP contribution in [0.1, 0.15) is 22.5 Å². The number of hydrogen-bond donors (Lipinski definition) is 0. The van der Waals surface area contributed by atoms with E-state index in [1.807, 2.05) is 13.0 Å². The molecule has 34 heavy (non-hydrogen) atoms. The second-order valence-electron chi connectivity index (χ2n) is 8.27. The van der Waals surface area contributed by atoms with Crippen molar-refractivity contribution in [3.05, 3.63) is 47.7 Å². The van der Waals surface area contributed by atoms with Crippen LogP contribution in [0.25, 0.3) is 11.0 Å². The van der Waals surface area contributed by atoms with Crippen molar-refractivity contribution < 1.29 is 31.8 Å². The fourth-order valence-electron chi connectivity index (χ4n) is 4.26. The maximum absolute atomic E-state index is 13.2. The van der Waals surface area contributed by atoms with Crippen LogP contribution < -0.4 is 14.2 Å². The fraction of sp³-hybridized carbons (Fsp3) is 0.375. The van der Waals surface area contributed by atoms with E-state index in [0.717, 1.165) is 17.4 Å². The molecule has 0 atom stereocenters. The first-order chi connectivity index (χ1) is 16.4. The molecule has 9 nitrogen and oxygen atoms in total. The quantitative estimate of drug-likeness (QED) is 0.559. The fourth-order valence-corrected chi connectivity index (χ4v) is 5.70. The van der Waals surface area contributed by atoms with Gasteiger partial charge in [-0.1, -0.05) is 0 Å². The van der Waals surface area contributed by atoms with Gasteiger partial charge < -0.3 is 23.5 Å². The summed E-state index contributed by atoms with van der Waals surface area (Å²) in [6.07, 6.45) is 0.741. The van der Waals surface area contributed by atoms with Gasteiger partial charge in [0.15, 0.2) is 17.3 Å². The van der Waals surface area contributed by atoms with E-state index in [4.69, 9.17) is 18.6 Å². The van der Waals surface area contributed by atoms with Gasteiger partial charge in [0.25, 0.3) is 5.91 Å². The smallest absolute Gasteiger partial charge is 0.289 e. The Balaban J connectivity index is 1.31. The summed E-state index contributed by atoms with van der Waals surface area (Å²) < 4.78 is 50.2. The highest BCUT2D eigenvalue weighted by Gasteiger charge is 2.33. The number of aryl methyl sites for hydroxylation is 1. The molecule has 2 aliphatic heterocycles. The Morgan fingerprint density at radius 3 is 2.44 bits per heavy atom. The van der Waals surface area contributed by atoms with Crippen LogP contribution in [0.4, 0.5) is 0 Å². The van der Waals surface area contributed by atoms with Gasteiger partial charge in [0.05, 0.1) is 25.2 Å². The lowest BCUT2D eigenvalue weighted by Gasteiger charge is -2.33. The molecule has 2 aliphatic rings. The highest BCUT2D eigenvalue weighted by atomic mass is 32.2. The normalized spacial score (nSPS) is 16.9. The Morgan fingerprint density at radius 1 is 0.971 bits per heavy atom. The van der Waals surface area contributed by atoms with Crippen LogP contribution in [0.5, 0.6) is 17.2 Å². The zero-order valence-corrected chi connectivity index (χ0v) is 19.9. The van der Waals surface area contributed by atoms with Crippen molar-refractivity contribution in [1.29, 1.82) is 0 Å². The summed E-state index contributed by atoms with van der Waals surface area (Å²) in [5.74, 6) is 1.68. The molecule has 1 saturated heterocycles. The van der Waals surface area contributed by atoms with E-state index in [-0.39, 0.29) is 42.7 Å². The maximum Gasteiger partial charge on any atom is 0.289 e.